The minimum absolute atomic E-state index is 0.0400. The Balaban J connectivity index is 2.03. The van der Waals surface area contributed by atoms with Gasteiger partial charge < -0.3 is 10.1 Å². The van der Waals surface area contributed by atoms with E-state index >= 15 is 0 Å². The number of hydrogen-bond donors (Lipinski definition) is 1. The van der Waals surface area contributed by atoms with Gasteiger partial charge in [0.25, 0.3) is 5.91 Å². The first kappa shape index (κ1) is 15.5. The molecule has 1 N–H and O–H groups in total. The fourth-order valence-electron chi connectivity index (χ4n) is 3.62. The zero-order valence-electron chi connectivity index (χ0n) is 13.7. The molecule has 2 aliphatic rings. The zero-order chi connectivity index (χ0) is 15.7. The first-order valence-corrected chi connectivity index (χ1v) is 8.32. The minimum Gasteiger partial charge on any atom is -0.381 e. The summed E-state index contributed by atoms with van der Waals surface area (Å²) in [6, 6.07) is 0. The van der Waals surface area contributed by atoms with Gasteiger partial charge in [-0.3, -0.25) is 9.48 Å². The first-order valence-electron chi connectivity index (χ1n) is 8.32. The molecule has 5 nitrogen and oxygen atoms in total. The Bertz CT molecular complexity index is 556. The van der Waals surface area contributed by atoms with Gasteiger partial charge in [-0.05, 0) is 43.9 Å². The van der Waals surface area contributed by atoms with Gasteiger partial charge in [-0.15, -0.1) is 0 Å². The fourth-order valence-corrected chi connectivity index (χ4v) is 3.62. The van der Waals surface area contributed by atoms with Gasteiger partial charge in [0.2, 0.25) is 0 Å². The van der Waals surface area contributed by atoms with Gasteiger partial charge in [0.15, 0.2) is 0 Å². The largest absolute Gasteiger partial charge is 0.381 e. The predicted molar refractivity (Wildman–Crippen MR) is 84.6 cm³/mol. The molecule has 0 aliphatic carbocycles. The van der Waals surface area contributed by atoms with E-state index in [0.717, 1.165) is 68.9 Å². The highest BCUT2D eigenvalue weighted by molar-refractivity contribution is 5.97. The third-order valence-corrected chi connectivity index (χ3v) is 4.90. The number of amides is 1. The highest BCUT2D eigenvalue weighted by Gasteiger charge is 2.39. The van der Waals surface area contributed by atoms with Crippen molar-refractivity contribution in [2.45, 2.75) is 46.1 Å². The van der Waals surface area contributed by atoms with Crippen molar-refractivity contribution in [1.82, 2.24) is 15.1 Å². The fraction of sp³-hybridized carbons (Fsp3) is 0.706. The number of carbonyl (C=O) groups is 1. The maximum absolute atomic E-state index is 12.6. The van der Waals surface area contributed by atoms with Crippen molar-refractivity contribution in [3.05, 3.63) is 23.9 Å². The Hall–Kier alpha value is -1.36. The molecule has 0 bridgehead atoms. The number of aromatic nitrogens is 2. The second-order valence-electron chi connectivity index (χ2n) is 6.88. The SMILES string of the molecule is [CH2][C@H](C)Cn1nc(CC)c2c1CC1(CCOCC1)CNC2=O. The van der Waals surface area contributed by atoms with Crippen molar-refractivity contribution < 1.29 is 9.53 Å². The van der Waals surface area contributed by atoms with Crippen LogP contribution in [0.1, 0.15) is 48.4 Å². The average molecular weight is 304 g/mol. The van der Waals surface area contributed by atoms with Gasteiger partial charge >= 0.3 is 0 Å². The Labute approximate surface area is 132 Å². The lowest BCUT2D eigenvalue weighted by Crippen LogP contribution is -2.40. The normalized spacial score (nSPS) is 20.8. The van der Waals surface area contributed by atoms with Crippen molar-refractivity contribution in [3.63, 3.8) is 0 Å². The van der Waals surface area contributed by atoms with Crippen molar-refractivity contribution in [3.8, 4) is 0 Å². The van der Waals surface area contributed by atoms with Crippen LogP contribution in [-0.2, 0) is 24.1 Å². The summed E-state index contributed by atoms with van der Waals surface area (Å²) in [5, 5.41) is 7.84. The highest BCUT2D eigenvalue weighted by atomic mass is 16.5. The topological polar surface area (TPSA) is 56.1 Å². The molecule has 1 saturated heterocycles. The van der Waals surface area contributed by atoms with Crippen LogP contribution in [0.5, 0.6) is 0 Å². The lowest BCUT2D eigenvalue weighted by atomic mass is 9.76. The van der Waals surface area contributed by atoms with E-state index in [0.29, 0.717) is 0 Å². The van der Waals surface area contributed by atoms with Crippen LogP contribution in [-0.4, -0.2) is 35.4 Å². The second-order valence-corrected chi connectivity index (χ2v) is 6.88. The van der Waals surface area contributed by atoms with E-state index in [1.807, 2.05) is 4.68 Å². The maximum Gasteiger partial charge on any atom is 0.255 e. The van der Waals surface area contributed by atoms with Gasteiger partial charge in [0.05, 0.1) is 17.0 Å². The van der Waals surface area contributed by atoms with E-state index in [1.165, 1.54) is 0 Å². The molecule has 3 heterocycles. The molecular formula is C17H26N3O2. The number of hydrogen-bond acceptors (Lipinski definition) is 3. The van der Waals surface area contributed by atoms with Crippen molar-refractivity contribution in [1.29, 1.82) is 0 Å². The van der Waals surface area contributed by atoms with Gasteiger partial charge in [-0.1, -0.05) is 13.8 Å². The summed E-state index contributed by atoms with van der Waals surface area (Å²) in [5.74, 6) is 0.309. The molecule has 1 amide bonds. The predicted octanol–water partition coefficient (Wildman–Crippen LogP) is 2.00. The summed E-state index contributed by atoms with van der Waals surface area (Å²) in [7, 11) is 0. The Morgan fingerprint density at radius 3 is 2.82 bits per heavy atom. The summed E-state index contributed by atoms with van der Waals surface area (Å²) >= 11 is 0. The van der Waals surface area contributed by atoms with Crippen LogP contribution in [0, 0.1) is 18.3 Å². The van der Waals surface area contributed by atoms with Crippen LogP contribution in [0.15, 0.2) is 0 Å². The first-order chi connectivity index (χ1) is 10.5. The third-order valence-electron chi connectivity index (χ3n) is 4.90. The van der Waals surface area contributed by atoms with Crippen LogP contribution in [0.4, 0.5) is 0 Å². The summed E-state index contributed by atoms with van der Waals surface area (Å²) in [6.07, 6.45) is 3.69. The molecule has 0 aromatic carbocycles. The van der Waals surface area contributed by atoms with Crippen LogP contribution in [0.3, 0.4) is 0 Å². The summed E-state index contributed by atoms with van der Waals surface area (Å²) in [5.41, 5.74) is 2.94. The number of carbonyl (C=O) groups excluding carboxylic acids is 1. The molecule has 121 valence electrons. The summed E-state index contributed by atoms with van der Waals surface area (Å²) in [6.45, 7) is 11.3. The van der Waals surface area contributed by atoms with E-state index in [9.17, 15) is 4.79 Å². The van der Waals surface area contributed by atoms with Crippen molar-refractivity contribution in [2.24, 2.45) is 11.3 Å². The number of fused-ring (bicyclic) bond motifs is 1. The van der Waals surface area contributed by atoms with E-state index < -0.39 is 0 Å². The van der Waals surface area contributed by atoms with Crippen molar-refractivity contribution in [2.75, 3.05) is 19.8 Å². The van der Waals surface area contributed by atoms with Gasteiger partial charge in [0, 0.05) is 26.3 Å². The quantitative estimate of drug-likeness (QED) is 0.929. The van der Waals surface area contributed by atoms with Gasteiger partial charge in [0.1, 0.15) is 0 Å². The van der Waals surface area contributed by atoms with Crippen molar-refractivity contribution >= 4 is 5.91 Å². The maximum atomic E-state index is 12.6. The lowest BCUT2D eigenvalue weighted by Gasteiger charge is -2.36. The number of ether oxygens (including phenoxy) is 1. The highest BCUT2D eigenvalue weighted by Crippen LogP contribution is 2.37. The van der Waals surface area contributed by atoms with Crippen LogP contribution >= 0.6 is 0 Å². The smallest absolute Gasteiger partial charge is 0.255 e. The lowest BCUT2D eigenvalue weighted by molar-refractivity contribution is 0.0152. The Morgan fingerprint density at radius 1 is 1.45 bits per heavy atom. The molecule has 5 heteroatoms. The Morgan fingerprint density at radius 2 is 2.18 bits per heavy atom. The van der Waals surface area contributed by atoms with Crippen LogP contribution in [0.2, 0.25) is 0 Å². The molecule has 2 aliphatic heterocycles. The summed E-state index contributed by atoms with van der Waals surface area (Å²) < 4.78 is 7.56. The molecule has 3 rings (SSSR count). The van der Waals surface area contributed by atoms with Gasteiger partial charge in [-0.2, -0.15) is 5.10 Å². The van der Waals surface area contributed by atoms with Gasteiger partial charge in [-0.25, -0.2) is 0 Å². The number of nitrogens with one attached hydrogen (secondary N) is 1. The van der Waals surface area contributed by atoms with Crippen LogP contribution in [0.25, 0.3) is 0 Å². The molecule has 0 saturated carbocycles. The molecule has 0 unspecified atom stereocenters. The van der Waals surface area contributed by atoms with E-state index in [2.05, 4.69) is 26.1 Å². The van der Waals surface area contributed by atoms with E-state index in [4.69, 9.17) is 9.84 Å². The molecule has 1 aromatic rings. The average Bonchev–Trinajstić information content (AvgIpc) is 2.75. The molecule has 22 heavy (non-hydrogen) atoms. The standard InChI is InChI=1S/C17H26N3O2/c1-4-13-15-14(20(19-13)10-12(2)3)9-17(11-18-16(15)21)5-7-22-8-6-17/h12H,2,4-11H2,1,3H3,(H,18,21)/t12-/m1/s1. The Kier molecular flexibility index (Phi) is 4.26. The zero-order valence-corrected chi connectivity index (χ0v) is 13.7. The molecule has 1 aromatic heterocycles. The monoisotopic (exact) mass is 304 g/mol. The number of nitrogens with zero attached hydrogens (tertiary/aromatic N) is 2. The second kappa shape index (κ2) is 6.03. The van der Waals surface area contributed by atoms with E-state index in [1.54, 1.807) is 0 Å². The molecule has 1 radical (unpaired) electrons. The third kappa shape index (κ3) is 2.78. The summed E-state index contributed by atoms with van der Waals surface area (Å²) in [4.78, 5) is 12.6. The van der Waals surface area contributed by atoms with E-state index in [-0.39, 0.29) is 17.2 Å². The molecular weight excluding hydrogens is 278 g/mol. The molecule has 1 spiro atoms. The molecule has 1 fully saturated rings. The number of aryl methyl sites for hydroxylation is 1. The minimum atomic E-state index is 0.0400. The number of rotatable bonds is 3. The molecule has 1 atom stereocenters. The van der Waals surface area contributed by atoms with Crippen LogP contribution < -0.4 is 5.32 Å².